The largest absolute Gasteiger partial charge is 0.339 e. The maximum absolute atomic E-state index is 12.5. The summed E-state index contributed by atoms with van der Waals surface area (Å²) in [6.45, 7) is 4.17. The van der Waals surface area contributed by atoms with Crippen LogP contribution in [0.2, 0.25) is 0 Å². The van der Waals surface area contributed by atoms with Crippen LogP contribution in [-0.4, -0.2) is 65.8 Å². The summed E-state index contributed by atoms with van der Waals surface area (Å²) < 4.78 is 0. The zero-order valence-electron chi connectivity index (χ0n) is 15.4. The van der Waals surface area contributed by atoms with Gasteiger partial charge in [0.05, 0.1) is 4.92 Å². The lowest BCUT2D eigenvalue weighted by Gasteiger charge is -2.35. The number of carbonyl (C=O) groups excluding carboxylic acids is 2. The van der Waals surface area contributed by atoms with Gasteiger partial charge in [-0.3, -0.25) is 19.7 Å². The molecule has 1 aromatic rings. The van der Waals surface area contributed by atoms with E-state index in [-0.39, 0.29) is 17.5 Å². The number of benzene rings is 1. The average molecular weight is 374 g/mol. The summed E-state index contributed by atoms with van der Waals surface area (Å²) in [4.78, 5) is 38.7. The number of nitrogens with zero attached hydrogens (tertiary/aromatic N) is 3. The van der Waals surface area contributed by atoms with Crippen LogP contribution in [0.3, 0.4) is 0 Å². The molecule has 1 N–H and O–H groups in total. The van der Waals surface area contributed by atoms with Crippen LogP contribution in [0.25, 0.3) is 0 Å². The lowest BCUT2D eigenvalue weighted by molar-refractivity contribution is -0.384. The van der Waals surface area contributed by atoms with Gasteiger partial charge in [0.15, 0.2) is 0 Å². The fourth-order valence-corrected chi connectivity index (χ4v) is 3.72. The zero-order valence-corrected chi connectivity index (χ0v) is 15.4. The van der Waals surface area contributed by atoms with Gasteiger partial charge in [0.1, 0.15) is 0 Å². The molecule has 3 rings (SSSR count). The van der Waals surface area contributed by atoms with Gasteiger partial charge < -0.3 is 15.1 Å². The van der Waals surface area contributed by atoms with E-state index in [2.05, 4.69) is 5.32 Å². The van der Waals surface area contributed by atoms with E-state index in [0.717, 1.165) is 32.4 Å². The molecule has 2 aliphatic rings. The topological polar surface area (TPSA) is 95.8 Å². The second-order valence-electron chi connectivity index (χ2n) is 7.21. The third kappa shape index (κ3) is 5.03. The molecule has 27 heavy (non-hydrogen) atoms. The van der Waals surface area contributed by atoms with Crippen LogP contribution in [0.5, 0.6) is 0 Å². The first kappa shape index (κ1) is 19.3. The molecule has 2 saturated heterocycles. The molecule has 1 aromatic carbocycles. The summed E-state index contributed by atoms with van der Waals surface area (Å²) in [5.74, 6) is 0.669. The molecule has 8 nitrogen and oxygen atoms in total. The van der Waals surface area contributed by atoms with Crippen molar-refractivity contribution in [2.45, 2.75) is 25.7 Å². The molecule has 0 saturated carbocycles. The van der Waals surface area contributed by atoms with E-state index < -0.39 is 4.92 Å². The smallest absolute Gasteiger partial charge is 0.269 e. The van der Waals surface area contributed by atoms with Gasteiger partial charge in [0.2, 0.25) is 5.91 Å². The lowest BCUT2D eigenvalue weighted by Crippen LogP contribution is -2.50. The summed E-state index contributed by atoms with van der Waals surface area (Å²) in [5, 5.41) is 14.0. The number of hydrogen-bond acceptors (Lipinski definition) is 5. The Morgan fingerprint density at radius 3 is 2.22 bits per heavy atom. The van der Waals surface area contributed by atoms with Crippen LogP contribution in [0.4, 0.5) is 5.69 Å². The number of nitro benzene ring substituents is 1. The van der Waals surface area contributed by atoms with Crippen molar-refractivity contribution >= 4 is 17.5 Å². The Hall–Kier alpha value is -2.48. The Bertz CT molecular complexity index is 677. The monoisotopic (exact) mass is 374 g/mol. The summed E-state index contributed by atoms with van der Waals surface area (Å²) in [5.41, 5.74) is 0.405. The summed E-state index contributed by atoms with van der Waals surface area (Å²) in [7, 11) is 0. The van der Waals surface area contributed by atoms with E-state index in [1.54, 1.807) is 4.90 Å². The number of non-ortho nitro benzene ring substituents is 1. The number of hydrogen-bond donors (Lipinski definition) is 1. The Balaban J connectivity index is 1.45. The van der Waals surface area contributed by atoms with Gasteiger partial charge in [-0.25, -0.2) is 0 Å². The Morgan fingerprint density at radius 2 is 1.63 bits per heavy atom. The maximum atomic E-state index is 12.5. The minimum atomic E-state index is -0.484. The van der Waals surface area contributed by atoms with Crippen LogP contribution in [0.1, 0.15) is 36.0 Å². The molecular formula is C19H26N4O4. The Morgan fingerprint density at radius 1 is 1.04 bits per heavy atom. The molecule has 8 heteroatoms. The number of rotatable bonds is 5. The van der Waals surface area contributed by atoms with Crippen molar-refractivity contribution < 1.29 is 14.5 Å². The number of amides is 2. The summed E-state index contributed by atoms with van der Waals surface area (Å²) in [6.07, 6.45) is 3.82. The molecular weight excluding hydrogens is 348 g/mol. The minimum absolute atomic E-state index is 0.0317. The van der Waals surface area contributed by atoms with Crippen molar-refractivity contribution in [3.05, 3.63) is 39.9 Å². The zero-order chi connectivity index (χ0) is 19.2. The second-order valence-corrected chi connectivity index (χ2v) is 7.21. The third-order valence-corrected chi connectivity index (χ3v) is 5.47. The predicted octanol–water partition coefficient (Wildman–Crippen LogP) is 1.66. The molecule has 2 amide bonds. The number of piperidine rings is 1. The van der Waals surface area contributed by atoms with Crippen molar-refractivity contribution in [1.29, 1.82) is 0 Å². The first-order chi connectivity index (χ1) is 13.0. The van der Waals surface area contributed by atoms with Crippen LogP contribution in [0, 0.1) is 16.0 Å². The highest BCUT2D eigenvalue weighted by Gasteiger charge is 2.25. The average Bonchev–Trinajstić information content (AvgIpc) is 2.72. The highest BCUT2D eigenvalue weighted by Crippen LogP contribution is 2.19. The first-order valence-corrected chi connectivity index (χ1v) is 9.57. The van der Waals surface area contributed by atoms with Crippen molar-refractivity contribution in [1.82, 2.24) is 15.1 Å². The van der Waals surface area contributed by atoms with Crippen LogP contribution in [0.15, 0.2) is 24.3 Å². The molecule has 2 fully saturated rings. The van der Waals surface area contributed by atoms with Crippen molar-refractivity contribution in [2.75, 3.05) is 39.3 Å². The van der Waals surface area contributed by atoms with Gasteiger partial charge in [-0.1, -0.05) is 0 Å². The molecule has 146 valence electrons. The number of carbonyl (C=O) groups is 2. The Kier molecular flexibility index (Phi) is 6.39. The van der Waals surface area contributed by atoms with Crippen LogP contribution >= 0.6 is 0 Å². The maximum Gasteiger partial charge on any atom is 0.269 e. The normalized spacial score (nSPS) is 18.4. The van der Waals surface area contributed by atoms with Crippen LogP contribution in [-0.2, 0) is 4.79 Å². The quantitative estimate of drug-likeness (QED) is 0.625. The first-order valence-electron chi connectivity index (χ1n) is 9.57. The van der Waals surface area contributed by atoms with E-state index in [0.29, 0.717) is 44.1 Å². The van der Waals surface area contributed by atoms with Gasteiger partial charge in [-0.2, -0.15) is 0 Å². The number of nitro groups is 1. The van der Waals surface area contributed by atoms with Crippen LogP contribution < -0.4 is 5.32 Å². The summed E-state index contributed by atoms with van der Waals surface area (Å²) in [6, 6.07) is 5.65. The van der Waals surface area contributed by atoms with Gasteiger partial charge in [0.25, 0.3) is 11.6 Å². The summed E-state index contributed by atoms with van der Waals surface area (Å²) >= 11 is 0. The SMILES string of the molecule is O=C(CCC1CCNCC1)N1CCN(C(=O)c2ccc([N+](=O)[O-])cc2)CC1. The van der Waals surface area contributed by atoms with E-state index in [1.807, 2.05) is 4.90 Å². The van der Waals surface area contributed by atoms with Crippen molar-refractivity contribution in [3.8, 4) is 0 Å². The standard InChI is InChI=1S/C19H26N4O4/c24-18(6-1-15-7-9-20-10-8-15)21-11-13-22(14-12-21)19(25)16-2-4-17(5-3-16)23(26)27/h2-5,15,20H,1,6-14H2. The number of nitrogens with one attached hydrogen (secondary N) is 1. The molecule has 2 aliphatic heterocycles. The molecule has 0 unspecified atom stereocenters. The number of piperazine rings is 1. The molecule has 0 bridgehead atoms. The fraction of sp³-hybridized carbons (Fsp3) is 0.579. The van der Waals surface area contributed by atoms with Crippen molar-refractivity contribution in [3.63, 3.8) is 0 Å². The van der Waals surface area contributed by atoms with Crippen molar-refractivity contribution in [2.24, 2.45) is 5.92 Å². The van der Waals surface area contributed by atoms with Gasteiger partial charge in [-0.05, 0) is 50.4 Å². The highest BCUT2D eigenvalue weighted by atomic mass is 16.6. The van der Waals surface area contributed by atoms with E-state index in [4.69, 9.17) is 0 Å². The Labute approximate surface area is 158 Å². The highest BCUT2D eigenvalue weighted by molar-refractivity contribution is 5.94. The molecule has 0 radical (unpaired) electrons. The van der Waals surface area contributed by atoms with Gasteiger partial charge in [-0.15, -0.1) is 0 Å². The molecule has 0 aromatic heterocycles. The second kappa shape index (κ2) is 8.94. The minimum Gasteiger partial charge on any atom is -0.339 e. The predicted molar refractivity (Wildman–Crippen MR) is 100 cm³/mol. The lowest BCUT2D eigenvalue weighted by atomic mass is 9.93. The molecule has 0 spiro atoms. The molecule has 0 aliphatic carbocycles. The molecule has 0 atom stereocenters. The van der Waals surface area contributed by atoms with E-state index >= 15 is 0 Å². The van der Waals surface area contributed by atoms with E-state index in [1.165, 1.54) is 24.3 Å². The fourth-order valence-electron chi connectivity index (χ4n) is 3.72. The molecule has 2 heterocycles. The van der Waals surface area contributed by atoms with E-state index in [9.17, 15) is 19.7 Å². The third-order valence-electron chi connectivity index (χ3n) is 5.47. The van der Waals surface area contributed by atoms with Gasteiger partial charge >= 0.3 is 0 Å². The van der Waals surface area contributed by atoms with Gasteiger partial charge in [0, 0.05) is 50.3 Å².